The van der Waals surface area contributed by atoms with Crippen LogP contribution in [-0.4, -0.2) is 36.1 Å². The van der Waals surface area contributed by atoms with Crippen LogP contribution in [0, 0.1) is 0 Å². The summed E-state index contributed by atoms with van der Waals surface area (Å²) in [6.45, 7) is 6.10. The SMILES string of the molecule is CN(CC[C@@H](c1ccccc1)N1C(=O)C2(CCCCC2)c2ccccc21)C(=O)OC(C)(C)C. The predicted octanol–water partition coefficient (Wildman–Crippen LogP) is 6.23. The van der Waals surface area contributed by atoms with Gasteiger partial charge in [0.25, 0.3) is 0 Å². The first kappa shape index (κ1) is 23.3. The van der Waals surface area contributed by atoms with E-state index in [1.165, 1.54) is 12.0 Å². The van der Waals surface area contributed by atoms with E-state index in [1.807, 2.05) is 49.9 Å². The van der Waals surface area contributed by atoms with E-state index < -0.39 is 11.0 Å². The first-order valence-electron chi connectivity index (χ1n) is 12.2. The Labute approximate surface area is 197 Å². The molecule has 1 heterocycles. The van der Waals surface area contributed by atoms with E-state index >= 15 is 0 Å². The van der Waals surface area contributed by atoms with Crippen molar-refractivity contribution in [3.8, 4) is 0 Å². The second-order valence-corrected chi connectivity index (χ2v) is 10.5. The lowest BCUT2D eigenvalue weighted by Crippen LogP contribution is -2.44. The largest absolute Gasteiger partial charge is 0.444 e. The summed E-state index contributed by atoms with van der Waals surface area (Å²) in [6, 6.07) is 18.4. The number of para-hydroxylation sites is 1. The van der Waals surface area contributed by atoms with Gasteiger partial charge in [0.2, 0.25) is 5.91 Å². The topological polar surface area (TPSA) is 49.9 Å². The molecule has 1 saturated carbocycles. The molecule has 0 aromatic heterocycles. The second kappa shape index (κ2) is 9.20. The van der Waals surface area contributed by atoms with Gasteiger partial charge in [0.1, 0.15) is 5.60 Å². The number of hydrogen-bond donors (Lipinski definition) is 0. The van der Waals surface area contributed by atoms with Crippen molar-refractivity contribution in [1.29, 1.82) is 0 Å². The zero-order chi connectivity index (χ0) is 23.6. The fourth-order valence-corrected chi connectivity index (χ4v) is 5.36. The van der Waals surface area contributed by atoms with Gasteiger partial charge in [-0.1, -0.05) is 67.8 Å². The maximum absolute atomic E-state index is 14.1. The molecule has 1 spiro atoms. The van der Waals surface area contributed by atoms with Crippen LogP contribution < -0.4 is 4.90 Å². The molecule has 1 fully saturated rings. The van der Waals surface area contributed by atoms with E-state index in [1.54, 1.807) is 11.9 Å². The van der Waals surface area contributed by atoms with Gasteiger partial charge in [-0.05, 0) is 57.2 Å². The number of anilines is 1. The van der Waals surface area contributed by atoms with Crippen molar-refractivity contribution >= 4 is 17.7 Å². The molecule has 1 aliphatic carbocycles. The molecule has 0 unspecified atom stereocenters. The van der Waals surface area contributed by atoms with Gasteiger partial charge in [0.15, 0.2) is 0 Å². The van der Waals surface area contributed by atoms with Gasteiger partial charge in [-0.3, -0.25) is 4.79 Å². The van der Waals surface area contributed by atoms with Gasteiger partial charge in [-0.15, -0.1) is 0 Å². The van der Waals surface area contributed by atoms with Gasteiger partial charge >= 0.3 is 6.09 Å². The van der Waals surface area contributed by atoms with Crippen LogP contribution in [0.4, 0.5) is 10.5 Å². The predicted molar refractivity (Wildman–Crippen MR) is 131 cm³/mol. The van der Waals surface area contributed by atoms with Crippen LogP contribution in [0.3, 0.4) is 0 Å². The minimum absolute atomic E-state index is 0.147. The molecule has 0 radical (unpaired) electrons. The van der Waals surface area contributed by atoms with Crippen molar-refractivity contribution in [3.63, 3.8) is 0 Å². The number of benzene rings is 2. The molecule has 2 aromatic carbocycles. The molecule has 1 aliphatic heterocycles. The highest BCUT2D eigenvalue weighted by atomic mass is 16.6. The average molecular weight is 449 g/mol. The van der Waals surface area contributed by atoms with Crippen molar-refractivity contribution in [3.05, 3.63) is 65.7 Å². The first-order chi connectivity index (χ1) is 15.7. The number of rotatable bonds is 5. The van der Waals surface area contributed by atoms with Crippen molar-refractivity contribution in [2.24, 2.45) is 0 Å². The number of nitrogens with zero attached hydrogens (tertiary/aromatic N) is 2. The zero-order valence-electron chi connectivity index (χ0n) is 20.3. The second-order valence-electron chi connectivity index (χ2n) is 10.5. The van der Waals surface area contributed by atoms with E-state index in [4.69, 9.17) is 4.74 Å². The van der Waals surface area contributed by atoms with Gasteiger partial charge in [-0.25, -0.2) is 4.79 Å². The Hall–Kier alpha value is -2.82. The Balaban J connectivity index is 1.66. The molecular formula is C28H36N2O3. The first-order valence-corrected chi connectivity index (χ1v) is 12.2. The zero-order valence-corrected chi connectivity index (χ0v) is 20.3. The van der Waals surface area contributed by atoms with E-state index in [-0.39, 0.29) is 18.0 Å². The van der Waals surface area contributed by atoms with Gasteiger partial charge in [0, 0.05) is 19.3 Å². The van der Waals surface area contributed by atoms with Crippen LogP contribution in [0.25, 0.3) is 0 Å². The van der Waals surface area contributed by atoms with E-state index in [9.17, 15) is 9.59 Å². The minimum atomic E-state index is -0.540. The molecule has 176 valence electrons. The summed E-state index contributed by atoms with van der Waals surface area (Å²) in [7, 11) is 1.76. The molecule has 1 atom stereocenters. The lowest BCUT2D eigenvalue weighted by atomic mass is 9.70. The highest BCUT2D eigenvalue weighted by Gasteiger charge is 2.52. The van der Waals surface area contributed by atoms with E-state index in [0.29, 0.717) is 13.0 Å². The third kappa shape index (κ3) is 4.64. The van der Waals surface area contributed by atoms with Gasteiger partial charge < -0.3 is 14.5 Å². The van der Waals surface area contributed by atoms with Gasteiger partial charge in [-0.2, -0.15) is 0 Å². The Bertz CT molecular complexity index is 990. The third-order valence-electron chi connectivity index (χ3n) is 6.95. The van der Waals surface area contributed by atoms with Crippen molar-refractivity contribution in [1.82, 2.24) is 4.90 Å². The fraction of sp³-hybridized carbons (Fsp3) is 0.500. The molecule has 2 amide bonds. The molecular weight excluding hydrogens is 412 g/mol. The summed E-state index contributed by atoms with van der Waals surface area (Å²) in [5.41, 5.74) is 2.35. The highest BCUT2D eigenvalue weighted by molar-refractivity contribution is 6.08. The van der Waals surface area contributed by atoms with E-state index in [2.05, 4.69) is 30.3 Å². The van der Waals surface area contributed by atoms with E-state index in [0.717, 1.165) is 36.9 Å². The van der Waals surface area contributed by atoms with Gasteiger partial charge in [0.05, 0.1) is 11.5 Å². The summed E-state index contributed by atoms with van der Waals surface area (Å²) in [6.07, 6.45) is 5.50. The Morgan fingerprint density at radius 3 is 2.33 bits per heavy atom. The monoisotopic (exact) mass is 448 g/mol. The highest BCUT2D eigenvalue weighted by Crippen LogP contribution is 2.52. The third-order valence-corrected chi connectivity index (χ3v) is 6.95. The average Bonchev–Trinajstić information content (AvgIpc) is 3.02. The van der Waals surface area contributed by atoms with Crippen LogP contribution >= 0.6 is 0 Å². The fourth-order valence-electron chi connectivity index (χ4n) is 5.36. The van der Waals surface area contributed by atoms with Crippen LogP contribution in [0.5, 0.6) is 0 Å². The smallest absolute Gasteiger partial charge is 0.410 e. The maximum Gasteiger partial charge on any atom is 0.410 e. The summed E-state index contributed by atoms with van der Waals surface area (Å²) < 4.78 is 5.54. The number of hydrogen-bond acceptors (Lipinski definition) is 3. The summed E-state index contributed by atoms with van der Waals surface area (Å²) in [4.78, 5) is 30.3. The van der Waals surface area contributed by atoms with Crippen molar-refractivity contribution in [2.45, 2.75) is 76.4 Å². The standard InChI is InChI=1S/C28H36N2O3/c1-27(2,3)33-26(32)29(4)20-17-23(21-13-7-5-8-14-21)30-24-16-10-9-15-22(24)28(25(30)31)18-11-6-12-19-28/h5,7-10,13-16,23H,6,11-12,17-20H2,1-4H3/t23-/m0/s1. The molecule has 0 saturated heterocycles. The van der Waals surface area contributed by atoms with Crippen LogP contribution in [-0.2, 0) is 14.9 Å². The molecule has 0 N–H and O–H groups in total. The number of carbonyl (C=O) groups is 2. The van der Waals surface area contributed by atoms with Crippen LogP contribution in [0.1, 0.15) is 76.5 Å². The molecule has 0 bridgehead atoms. The number of ether oxygens (including phenoxy) is 1. The molecule has 2 aliphatic rings. The van der Waals surface area contributed by atoms with Crippen LogP contribution in [0.2, 0.25) is 0 Å². The summed E-state index contributed by atoms with van der Waals surface area (Å²) in [5.74, 6) is 0.220. The molecule has 4 rings (SSSR count). The Morgan fingerprint density at radius 2 is 1.67 bits per heavy atom. The van der Waals surface area contributed by atoms with Crippen LogP contribution in [0.15, 0.2) is 54.6 Å². The number of carbonyl (C=O) groups excluding carboxylic acids is 2. The molecule has 2 aromatic rings. The van der Waals surface area contributed by atoms with Crippen molar-refractivity contribution in [2.75, 3.05) is 18.5 Å². The summed E-state index contributed by atoms with van der Waals surface area (Å²) in [5, 5.41) is 0. The molecule has 5 heteroatoms. The lowest BCUT2D eigenvalue weighted by molar-refractivity contribution is -0.124. The normalized spacial score (nSPS) is 18.2. The molecule has 5 nitrogen and oxygen atoms in total. The number of fused-ring (bicyclic) bond motifs is 2. The lowest BCUT2D eigenvalue weighted by Gasteiger charge is -2.35. The van der Waals surface area contributed by atoms with Crippen molar-refractivity contribution < 1.29 is 14.3 Å². The molecule has 33 heavy (non-hydrogen) atoms. The Morgan fingerprint density at radius 1 is 1.03 bits per heavy atom. The summed E-state index contributed by atoms with van der Waals surface area (Å²) >= 11 is 0. The maximum atomic E-state index is 14.1. The number of amides is 2. The quantitative estimate of drug-likeness (QED) is 0.544. The minimum Gasteiger partial charge on any atom is -0.444 e. The Kier molecular flexibility index (Phi) is 6.51.